The number of fused-ring (bicyclic) bond motifs is 1. The molecule has 2 aliphatic rings. The molecule has 0 unspecified atom stereocenters. The first-order valence-corrected chi connectivity index (χ1v) is 6.22. The number of thiophene rings is 1. The standard InChI is InChI=1S/C10H13N3O2S/c11-9-6-4-13(15-8(6)5-16-9)7-2-1-3-12-10(7)14/h5,7H,1-4,11H2,(H,12,14)/t7-/m1/s1. The Morgan fingerprint density at radius 1 is 1.62 bits per heavy atom. The highest BCUT2D eigenvalue weighted by Crippen LogP contribution is 2.39. The molecule has 1 saturated heterocycles. The molecule has 0 radical (unpaired) electrons. The number of piperidine rings is 1. The summed E-state index contributed by atoms with van der Waals surface area (Å²) in [7, 11) is 0. The number of anilines is 1. The van der Waals surface area contributed by atoms with Crippen molar-refractivity contribution in [2.75, 3.05) is 12.3 Å². The van der Waals surface area contributed by atoms with E-state index in [0.29, 0.717) is 6.54 Å². The lowest BCUT2D eigenvalue weighted by molar-refractivity contribution is -0.145. The van der Waals surface area contributed by atoms with Crippen molar-refractivity contribution in [1.82, 2.24) is 10.4 Å². The molecule has 1 aromatic heterocycles. The van der Waals surface area contributed by atoms with Gasteiger partial charge in [-0.05, 0) is 12.8 Å². The molecule has 6 heteroatoms. The number of hydrogen-bond acceptors (Lipinski definition) is 5. The van der Waals surface area contributed by atoms with Gasteiger partial charge in [-0.2, -0.15) is 0 Å². The number of amides is 1. The van der Waals surface area contributed by atoms with Crippen LogP contribution < -0.4 is 15.9 Å². The number of nitrogens with one attached hydrogen (secondary N) is 1. The number of hydrogen-bond donors (Lipinski definition) is 2. The van der Waals surface area contributed by atoms with Crippen molar-refractivity contribution in [3.63, 3.8) is 0 Å². The Kier molecular flexibility index (Phi) is 2.26. The van der Waals surface area contributed by atoms with Gasteiger partial charge in [0.15, 0.2) is 5.75 Å². The zero-order chi connectivity index (χ0) is 11.1. The molecule has 5 nitrogen and oxygen atoms in total. The molecule has 16 heavy (non-hydrogen) atoms. The number of carbonyl (C=O) groups excluding carboxylic acids is 1. The summed E-state index contributed by atoms with van der Waals surface area (Å²) >= 11 is 1.48. The van der Waals surface area contributed by atoms with E-state index in [2.05, 4.69) is 5.32 Å². The summed E-state index contributed by atoms with van der Waals surface area (Å²) in [5.41, 5.74) is 6.85. The predicted octanol–water partition coefficient (Wildman–Crippen LogP) is 0.718. The highest BCUT2D eigenvalue weighted by atomic mass is 32.1. The molecule has 0 saturated carbocycles. The normalized spacial score (nSPS) is 25.0. The number of rotatable bonds is 1. The van der Waals surface area contributed by atoms with Crippen LogP contribution in [0.1, 0.15) is 18.4 Å². The average molecular weight is 239 g/mol. The molecular weight excluding hydrogens is 226 g/mol. The van der Waals surface area contributed by atoms with Gasteiger partial charge in [0.25, 0.3) is 0 Å². The van der Waals surface area contributed by atoms with Crippen LogP contribution in [0.3, 0.4) is 0 Å². The van der Waals surface area contributed by atoms with E-state index >= 15 is 0 Å². The van der Waals surface area contributed by atoms with Gasteiger partial charge in [0.1, 0.15) is 6.04 Å². The molecule has 1 fully saturated rings. The minimum Gasteiger partial charge on any atom is -0.404 e. The van der Waals surface area contributed by atoms with Crippen molar-refractivity contribution in [3.05, 3.63) is 10.9 Å². The van der Waals surface area contributed by atoms with Gasteiger partial charge in [0.05, 0.1) is 11.5 Å². The van der Waals surface area contributed by atoms with Crippen molar-refractivity contribution >= 4 is 22.2 Å². The van der Waals surface area contributed by atoms with Crippen LogP contribution in [0.15, 0.2) is 5.38 Å². The predicted molar refractivity (Wildman–Crippen MR) is 60.9 cm³/mol. The van der Waals surface area contributed by atoms with Gasteiger partial charge < -0.3 is 15.9 Å². The van der Waals surface area contributed by atoms with Gasteiger partial charge in [0, 0.05) is 17.5 Å². The molecule has 0 aromatic carbocycles. The van der Waals surface area contributed by atoms with Gasteiger partial charge >= 0.3 is 0 Å². The zero-order valence-corrected chi connectivity index (χ0v) is 9.55. The van der Waals surface area contributed by atoms with E-state index < -0.39 is 0 Å². The summed E-state index contributed by atoms with van der Waals surface area (Å²) in [6.45, 7) is 1.38. The number of carbonyl (C=O) groups is 1. The summed E-state index contributed by atoms with van der Waals surface area (Å²) in [6.07, 6.45) is 1.85. The van der Waals surface area contributed by atoms with E-state index in [9.17, 15) is 4.79 Å². The van der Waals surface area contributed by atoms with E-state index in [1.807, 2.05) is 5.38 Å². The third-order valence-corrected chi connectivity index (χ3v) is 3.85. The summed E-state index contributed by atoms with van der Waals surface area (Å²) in [5.74, 6) is 0.861. The molecule has 0 aliphatic carbocycles. The second kappa shape index (κ2) is 3.64. The molecule has 3 heterocycles. The van der Waals surface area contributed by atoms with E-state index in [4.69, 9.17) is 10.6 Å². The third-order valence-electron chi connectivity index (χ3n) is 3.02. The molecule has 1 atom stereocenters. The number of nitrogens with zero attached hydrogens (tertiary/aromatic N) is 1. The minimum atomic E-state index is -0.175. The lowest BCUT2D eigenvalue weighted by Gasteiger charge is -2.28. The molecule has 0 spiro atoms. The van der Waals surface area contributed by atoms with Crippen LogP contribution in [0.2, 0.25) is 0 Å². The van der Waals surface area contributed by atoms with Crippen LogP contribution in [0, 0.1) is 0 Å². The van der Waals surface area contributed by atoms with Crippen LogP contribution in [0.4, 0.5) is 5.00 Å². The Morgan fingerprint density at radius 2 is 2.50 bits per heavy atom. The van der Waals surface area contributed by atoms with E-state index in [0.717, 1.165) is 35.7 Å². The van der Waals surface area contributed by atoms with Crippen molar-refractivity contribution in [1.29, 1.82) is 0 Å². The largest absolute Gasteiger partial charge is 0.404 e. The molecule has 1 amide bonds. The maximum Gasteiger partial charge on any atom is 0.240 e. The Morgan fingerprint density at radius 3 is 3.25 bits per heavy atom. The lowest BCUT2D eigenvalue weighted by Crippen LogP contribution is -2.49. The SMILES string of the molecule is Nc1scc2c1CN([C@@H]1CCCNC1=O)O2. The molecule has 3 N–H and O–H groups in total. The van der Waals surface area contributed by atoms with Gasteiger partial charge in [-0.3, -0.25) is 4.79 Å². The van der Waals surface area contributed by atoms with Crippen LogP contribution >= 0.6 is 11.3 Å². The maximum atomic E-state index is 11.7. The van der Waals surface area contributed by atoms with E-state index in [1.54, 1.807) is 5.06 Å². The first-order valence-electron chi connectivity index (χ1n) is 5.34. The van der Waals surface area contributed by atoms with Gasteiger partial charge in [0.2, 0.25) is 5.91 Å². The van der Waals surface area contributed by atoms with Crippen molar-refractivity contribution in [2.24, 2.45) is 0 Å². The third kappa shape index (κ3) is 1.45. The first kappa shape index (κ1) is 9.92. The smallest absolute Gasteiger partial charge is 0.240 e. The molecule has 3 rings (SSSR count). The number of hydroxylamine groups is 2. The van der Waals surface area contributed by atoms with Crippen LogP contribution in [-0.2, 0) is 11.3 Å². The zero-order valence-electron chi connectivity index (χ0n) is 8.73. The molecular formula is C10H13N3O2S. The van der Waals surface area contributed by atoms with Gasteiger partial charge in [-0.15, -0.1) is 16.4 Å². The highest BCUT2D eigenvalue weighted by molar-refractivity contribution is 7.14. The first-order chi connectivity index (χ1) is 7.75. The van der Waals surface area contributed by atoms with Crippen LogP contribution in [0.25, 0.3) is 0 Å². The summed E-state index contributed by atoms with van der Waals surface area (Å²) in [4.78, 5) is 17.3. The van der Waals surface area contributed by atoms with E-state index in [1.165, 1.54) is 11.3 Å². The Bertz CT molecular complexity index is 432. The quantitative estimate of drug-likeness (QED) is 0.757. The molecule has 86 valence electrons. The number of nitrogens with two attached hydrogens (primary N) is 1. The maximum absolute atomic E-state index is 11.7. The van der Waals surface area contributed by atoms with Crippen LogP contribution in [-0.4, -0.2) is 23.6 Å². The summed E-state index contributed by atoms with van der Waals surface area (Å²) in [5, 5.41) is 7.27. The molecule has 2 aliphatic heterocycles. The fraction of sp³-hybridized carbons (Fsp3) is 0.500. The van der Waals surface area contributed by atoms with Crippen molar-refractivity contribution in [2.45, 2.75) is 25.4 Å². The van der Waals surface area contributed by atoms with Crippen molar-refractivity contribution in [3.8, 4) is 5.75 Å². The Labute approximate surface area is 97.1 Å². The van der Waals surface area contributed by atoms with Crippen molar-refractivity contribution < 1.29 is 9.63 Å². The van der Waals surface area contributed by atoms with Gasteiger partial charge in [-0.25, -0.2) is 0 Å². The Hall–Kier alpha value is -1.27. The van der Waals surface area contributed by atoms with Gasteiger partial charge in [-0.1, -0.05) is 0 Å². The number of nitrogen functional groups attached to an aromatic ring is 1. The fourth-order valence-electron chi connectivity index (χ4n) is 2.13. The monoisotopic (exact) mass is 239 g/mol. The Balaban J connectivity index is 1.77. The molecule has 1 aromatic rings. The highest BCUT2D eigenvalue weighted by Gasteiger charge is 2.35. The fourth-order valence-corrected chi connectivity index (χ4v) is 2.86. The molecule has 0 bridgehead atoms. The second-order valence-corrected chi connectivity index (χ2v) is 4.97. The average Bonchev–Trinajstić information content (AvgIpc) is 2.82. The topological polar surface area (TPSA) is 67.6 Å². The summed E-state index contributed by atoms with van der Waals surface area (Å²) < 4.78 is 0. The minimum absolute atomic E-state index is 0.0543. The van der Waals surface area contributed by atoms with E-state index in [-0.39, 0.29) is 11.9 Å². The summed E-state index contributed by atoms with van der Waals surface area (Å²) in [6, 6.07) is -0.175. The lowest BCUT2D eigenvalue weighted by atomic mass is 10.1. The second-order valence-electron chi connectivity index (χ2n) is 4.06. The van der Waals surface area contributed by atoms with Crippen LogP contribution in [0.5, 0.6) is 5.75 Å².